The van der Waals surface area contributed by atoms with Crippen molar-refractivity contribution in [3.8, 4) is 0 Å². The van der Waals surface area contributed by atoms with Crippen molar-refractivity contribution in [1.82, 2.24) is 0 Å². The van der Waals surface area contributed by atoms with Gasteiger partial charge in [-0.05, 0) is 55.4 Å². The minimum absolute atomic E-state index is 0.179. The van der Waals surface area contributed by atoms with Gasteiger partial charge in [0.05, 0.1) is 0 Å². The SMILES string of the molecule is NCc1cc(F)ccc1N1CCCC2CCCCC21. The van der Waals surface area contributed by atoms with E-state index in [1.807, 2.05) is 6.07 Å². The average Bonchev–Trinajstić information content (AvgIpc) is 2.46. The Hall–Kier alpha value is -1.09. The molecule has 1 saturated heterocycles. The standard InChI is InChI=1S/C16H23FN2/c17-14-7-8-16(13(10-14)11-18)19-9-3-5-12-4-1-2-6-15(12)19/h7-8,10,12,15H,1-6,9,11,18H2. The molecule has 1 aliphatic carbocycles. The molecule has 1 heterocycles. The van der Waals surface area contributed by atoms with Crippen molar-refractivity contribution >= 4 is 5.69 Å². The van der Waals surface area contributed by atoms with Gasteiger partial charge in [0.2, 0.25) is 0 Å². The molecule has 2 N–H and O–H groups in total. The van der Waals surface area contributed by atoms with Crippen LogP contribution in [0.4, 0.5) is 10.1 Å². The number of piperidine rings is 1. The fraction of sp³-hybridized carbons (Fsp3) is 0.625. The fourth-order valence-electron chi connectivity index (χ4n) is 3.92. The molecule has 0 aromatic heterocycles. The molecule has 2 atom stereocenters. The summed E-state index contributed by atoms with van der Waals surface area (Å²) in [7, 11) is 0. The lowest BCUT2D eigenvalue weighted by atomic mass is 9.78. The maximum Gasteiger partial charge on any atom is 0.123 e. The summed E-state index contributed by atoms with van der Waals surface area (Å²) in [5.41, 5.74) is 7.92. The van der Waals surface area contributed by atoms with E-state index in [4.69, 9.17) is 5.73 Å². The van der Waals surface area contributed by atoms with Crippen molar-refractivity contribution in [2.24, 2.45) is 11.7 Å². The molecule has 1 saturated carbocycles. The third kappa shape index (κ3) is 2.48. The molecular formula is C16H23FN2. The van der Waals surface area contributed by atoms with Crippen LogP contribution in [0.25, 0.3) is 0 Å². The van der Waals surface area contributed by atoms with Gasteiger partial charge in [0.15, 0.2) is 0 Å². The first-order valence-electron chi connectivity index (χ1n) is 7.54. The van der Waals surface area contributed by atoms with Crippen LogP contribution in [0.1, 0.15) is 44.1 Å². The van der Waals surface area contributed by atoms with Gasteiger partial charge in [-0.25, -0.2) is 4.39 Å². The van der Waals surface area contributed by atoms with Crippen molar-refractivity contribution in [2.45, 2.75) is 51.1 Å². The maximum absolute atomic E-state index is 13.4. The summed E-state index contributed by atoms with van der Waals surface area (Å²) in [6, 6.07) is 5.75. The summed E-state index contributed by atoms with van der Waals surface area (Å²) in [4.78, 5) is 2.51. The number of hydrogen-bond donors (Lipinski definition) is 1. The molecule has 3 heteroatoms. The minimum atomic E-state index is -0.179. The van der Waals surface area contributed by atoms with Gasteiger partial charge in [-0.3, -0.25) is 0 Å². The van der Waals surface area contributed by atoms with E-state index in [2.05, 4.69) is 4.90 Å². The van der Waals surface area contributed by atoms with E-state index in [1.165, 1.54) is 44.2 Å². The number of fused-ring (bicyclic) bond motifs is 1. The Morgan fingerprint density at radius 3 is 2.79 bits per heavy atom. The smallest absolute Gasteiger partial charge is 0.123 e. The quantitative estimate of drug-likeness (QED) is 0.884. The van der Waals surface area contributed by atoms with Crippen molar-refractivity contribution in [2.75, 3.05) is 11.4 Å². The van der Waals surface area contributed by atoms with Crippen LogP contribution < -0.4 is 10.6 Å². The second-order valence-electron chi connectivity index (χ2n) is 5.92. The lowest BCUT2D eigenvalue weighted by molar-refractivity contribution is 0.243. The minimum Gasteiger partial charge on any atom is -0.368 e. The molecule has 1 aliphatic heterocycles. The van der Waals surface area contributed by atoms with Crippen molar-refractivity contribution in [3.63, 3.8) is 0 Å². The van der Waals surface area contributed by atoms with Gasteiger partial charge < -0.3 is 10.6 Å². The predicted octanol–water partition coefficient (Wildman–Crippen LogP) is 3.44. The summed E-state index contributed by atoms with van der Waals surface area (Å²) < 4.78 is 13.4. The molecule has 2 fully saturated rings. The van der Waals surface area contributed by atoms with Crippen molar-refractivity contribution in [3.05, 3.63) is 29.6 Å². The number of halogens is 1. The highest BCUT2D eigenvalue weighted by Crippen LogP contribution is 2.38. The largest absolute Gasteiger partial charge is 0.368 e. The zero-order valence-electron chi connectivity index (χ0n) is 11.4. The molecule has 0 amide bonds. The molecular weight excluding hydrogens is 239 g/mol. The van der Waals surface area contributed by atoms with Crippen molar-refractivity contribution < 1.29 is 4.39 Å². The molecule has 19 heavy (non-hydrogen) atoms. The van der Waals surface area contributed by atoms with Gasteiger partial charge in [-0.1, -0.05) is 12.8 Å². The Bertz CT molecular complexity index is 444. The number of hydrogen-bond acceptors (Lipinski definition) is 2. The first-order valence-corrected chi connectivity index (χ1v) is 7.54. The van der Waals surface area contributed by atoms with Crippen LogP contribution in [0.5, 0.6) is 0 Å². The second-order valence-corrected chi connectivity index (χ2v) is 5.92. The van der Waals surface area contributed by atoms with Crippen LogP contribution in [-0.4, -0.2) is 12.6 Å². The Morgan fingerprint density at radius 1 is 1.16 bits per heavy atom. The van der Waals surface area contributed by atoms with Crippen LogP contribution in [-0.2, 0) is 6.54 Å². The Kier molecular flexibility index (Phi) is 3.74. The molecule has 1 aromatic rings. The van der Waals surface area contributed by atoms with Crippen LogP contribution in [0.2, 0.25) is 0 Å². The lowest BCUT2D eigenvalue weighted by Crippen LogP contribution is -2.47. The number of nitrogens with two attached hydrogens (primary N) is 1. The normalized spacial score (nSPS) is 27.2. The molecule has 0 spiro atoms. The number of anilines is 1. The van der Waals surface area contributed by atoms with E-state index in [-0.39, 0.29) is 5.82 Å². The summed E-state index contributed by atoms with van der Waals surface area (Å²) in [6.07, 6.45) is 7.97. The van der Waals surface area contributed by atoms with Gasteiger partial charge in [0.1, 0.15) is 5.82 Å². The summed E-state index contributed by atoms with van der Waals surface area (Å²) >= 11 is 0. The lowest BCUT2D eigenvalue weighted by Gasteiger charge is -2.46. The molecule has 2 nitrogen and oxygen atoms in total. The molecule has 0 bridgehead atoms. The molecule has 0 radical (unpaired) electrons. The number of nitrogens with zero attached hydrogens (tertiary/aromatic N) is 1. The van der Waals surface area contributed by atoms with Crippen LogP contribution in [0.15, 0.2) is 18.2 Å². The van der Waals surface area contributed by atoms with E-state index >= 15 is 0 Å². The molecule has 2 aliphatic rings. The summed E-state index contributed by atoms with van der Waals surface area (Å²) in [5, 5.41) is 0. The molecule has 1 aromatic carbocycles. The van der Waals surface area contributed by atoms with Gasteiger partial charge in [-0.15, -0.1) is 0 Å². The first-order chi connectivity index (χ1) is 9.29. The zero-order valence-corrected chi connectivity index (χ0v) is 11.4. The van der Waals surface area contributed by atoms with Gasteiger partial charge in [0.25, 0.3) is 0 Å². The van der Waals surface area contributed by atoms with Gasteiger partial charge in [-0.2, -0.15) is 0 Å². The van der Waals surface area contributed by atoms with Crippen LogP contribution in [0, 0.1) is 11.7 Å². The fourth-order valence-corrected chi connectivity index (χ4v) is 3.92. The van der Waals surface area contributed by atoms with Crippen molar-refractivity contribution in [1.29, 1.82) is 0 Å². The van der Waals surface area contributed by atoms with E-state index in [9.17, 15) is 4.39 Å². The topological polar surface area (TPSA) is 29.3 Å². The Labute approximate surface area is 114 Å². The van der Waals surface area contributed by atoms with E-state index in [1.54, 1.807) is 12.1 Å². The maximum atomic E-state index is 13.4. The monoisotopic (exact) mass is 262 g/mol. The molecule has 3 rings (SSSR count). The first kappa shape index (κ1) is 12.9. The molecule has 104 valence electrons. The zero-order chi connectivity index (χ0) is 13.2. The number of benzene rings is 1. The van der Waals surface area contributed by atoms with Crippen LogP contribution in [0.3, 0.4) is 0 Å². The highest BCUT2D eigenvalue weighted by atomic mass is 19.1. The highest BCUT2D eigenvalue weighted by Gasteiger charge is 2.33. The highest BCUT2D eigenvalue weighted by molar-refractivity contribution is 5.55. The Morgan fingerprint density at radius 2 is 1.95 bits per heavy atom. The second kappa shape index (κ2) is 5.49. The van der Waals surface area contributed by atoms with E-state index in [0.717, 1.165) is 18.0 Å². The number of rotatable bonds is 2. The third-order valence-electron chi connectivity index (χ3n) is 4.81. The van der Waals surface area contributed by atoms with E-state index < -0.39 is 0 Å². The summed E-state index contributed by atoms with van der Waals surface area (Å²) in [6.45, 7) is 1.51. The average molecular weight is 262 g/mol. The van der Waals surface area contributed by atoms with Gasteiger partial charge in [0, 0.05) is 24.8 Å². The molecule has 2 unspecified atom stereocenters. The van der Waals surface area contributed by atoms with Gasteiger partial charge >= 0.3 is 0 Å². The Balaban J connectivity index is 1.91. The van der Waals surface area contributed by atoms with E-state index in [0.29, 0.717) is 12.6 Å². The summed E-state index contributed by atoms with van der Waals surface area (Å²) in [5.74, 6) is 0.652. The predicted molar refractivity (Wildman–Crippen MR) is 76.6 cm³/mol. The van der Waals surface area contributed by atoms with Crippen LogP contribution >= 0.6 is 0 Å². The third-order valence-corrected chi connectivity index (χ3v) is 4.81.